The second-order valence-electron chi connectivity index (χ2n) is 4.40. The molecule has 5 heteroatoms. The highest BCUT2D eigenvalue weighted by Crippen LogP contribution is 2.30. The molecule has 0 bridgehead atoms. The Morgan fingerprint density at radius 3 is 2.53 bits per heavy atom. The molecule has 1 aromatic carbocycles. The lowest BCUT2D eigenvalue weighted by atomic mass is 10.1. The molecular weight excluding hydrogens is 280 g/mol. The van der Waals surface area contributed by atoms with E-state index in [-0.39, 0.29) is 6.04 Å². The van der Waals surface area contributed by atoms with Crippen LogP contribution in [0.2, 0.25) is 5.02 Å². The van der Waals surface area contributed by atoms with Crippen molar-refractivity contribution < 1.29 is 4.79 Å². The van der Waals surface area contributed by atoms with Gasteiger partial charge in [-0.2, -0.15) is 0 Å². The summed E-state index contributed by atoms with van der Waals surface area (Å²) in [6.07, 6.45) is 0.858. The maximum absolute atomic E-state index is 10.9. The van der Waals surface area contributed by atoms with Gasteiger partial charge in [-0.3, -0.25) is 4.79 Å². The van der Waals surface area contributed by atoms with E-state index in [0.717, 1.165) is 27.7 Å². The van der Waals surface area contributed by atoms with Crippen LogP contribution in [0.3, 0.4) is 0 Å². The number of aryl methyl sites for hydroxylation is 1. The Morgan fingerprint density at radius 2 is 2.00 bits per heavy atom. The molecule has 0 radical (unpaired) electrons. The first-order chi connectivity index (χ1) is 9.02. The largest absolute Gasteiger partial charge is 0.344 e. The van der Waals surface area contributed by atoms with Crippen molar-refractivity contribution in [2.24, 2.45) is 0 Å². The lowest BCUT2D eigenvalue weighted by molar-refractivity contribution is 0.112. The number of halogens is 1. The molecule has 0 fully saturated rings. The number of nitrogens with zero attached hydrogens (tertiary/aromatic N) is 2. The molecule has 2 aromatic rings. The predicted octanol–water partition coefficient (Wildman–Crippen LogP) is 4.11. The van der Waals surface area contributed by atoms with E-state index in [1.54, 1.807) is 0 Å². The molecule has 0 amide bonds. The highest BCUT2D eigenvalue weighted by atomic mass is 35.5. The second kappa shape index (κ2) is 5.72. The minimum atomic E-state index is 0.169. The van der Waals surface area contributed by atoms with Gasteiger partial charge in [0.15, 0.2) is 11.4 Å². The van der Waals surface area contributed by atoms with Gasteiger partial charge in [0, 0.05) is 12.1 Å². The fourth-order valence-electron chi connectivity index (χ4n) is 1.78. The van der Waals surface area contributed by atoms with Crippen molar-refractivity contribution >= 4 is 34.4 Å². The summed E-state index contributed by atoms with van der Waals surface area (Å²) in [5.41, 5.74) is 1.94. The number of hydrogen-bond donors (Lipinski definition) is 0. The molecule has 0 N–H and O–H groups in total. The fraction of sp³-hybridized carbons (Fsp3) is 0.286. The summed E-state index contributed by atoms with van der Waals surface area (Å²) in [7, 11) is 1.98. The van der Waals surface area contributed by atoms with Gasteiger partial charge in [-0.1, -0.05) is 35.1 Å². The van der Waals surface area contributed by atoms with E-state index in [9.17, 15) is 4.79 Å². The van der Waals surface area contributed by atoms with Gasteiger partial charge in [0.1, 0.15) is 0 Å². The first kappa shape index (κ1) is 14.0. The molecule has 0 aliphatic heterocycles. The Labute approximate surface area is 121 Å². The van der Waals surface area contributed by atoms with Crippen molar-refractivity contribution in [1.82, 2.24) is 4.98 Å². The van der Waals surface area contributed by atoms with Crippen LogP contribution in [-0.2, 0) is 0 Å². The molecule has 19 heavy (non-hydrogen) atoms. The molecule has 1 aromatic heterocycles. The van der Waals surface area contributed by atoms with E-state index < -0.39 is 0 Å². The summed E-state index contributed by atoms with van der Waals surface area (Å²) < 4.78 is 0. The SMILES string of the molecule is Cc1nc(N(C)C(C)c2ccc(Cl)cc2)sc1C=O. The number of hydrogen-bond acceptors (Lipinski definition) is 4. The molecule has 0 spiro atoms. The maximum Gasteiger partial charge on any atom is 0.186 e. The van der Waals surface area contributed by atoms with Gasteiger partial charge in [0.05, 0.1) is 16.6 Å². The van der Waals surface area contributed by atoms with E-state index in [2.05, 4.69) is 16.8 Å². The fourth-order valence-corrected chi connectivity index (χ4v) is 2.83. The highest BCUT2D eigenvalue weighted by Gasteiger charge is 2.17. The average molecular weight is 295 g/mol. The number of rotatable bonds is 4. The van der Waals surface area contributed by atoms with Crippen LogP contribution in [0.25, 0.3) is 0 Å². The number of thiazole rings is 1. The van der Waals surface area contributed by atoms with Crippen LogP contribution < -0.4 is 4.90 Å². The van der Waals surface area contributed by atoms with E-state index in [4.69, 9.17) is 11.6 Å². The van der Waals surface area contributed by atoms with Crippen LogP contribution in [0.15, 0.2) is 24.3 Å². The van der Waals surface area contributed by atoms with Crippen LogP contribution in [0.1, 0.15) is 33.9 Å². The van der Waals surface area contributed by atoms with Crippen molar-refractivity contribution in [2.75, 3.05) is 11.9 Å². The summed E-state index contributed by atoms with van der Waals surface area (Å²) >= 11 is 7.31. The Bertz CT molecular complexity index is 580. The number of aldehydes is 1. The number of anilines is 1. The number of carbonyl (C=O) groups is 1. The van der Waals surface area contributed by atoms with E-state index in [1.807, 2.05) is 38.2 Å². The standard InChI is InChI=1S/C14H15ClN2OS/c1-9-13(8-18)19-14(16-9)17(3)10(2)11-4-6-12(15)7-5-11/h4-8,10H,1-3H3. The number of benzene rings is 1. The number of aromatic nitrogens is 1. The molecule has 0 aliphatic carbocycles. The molecule has 0 aliphatic rings. The van der Waals surface area contributed by atoms with Crippen molar-refractivity contribution in [3.8, 4) is 0 Å². The average Bonchev–Trinajstić information content (AvgIpc) is 2.79. The highest BCUT2D eigenvalue weighted by molar-refractivity contribution is 7.17. The van der Waals surface area contributed by atoms with Crippen LogP contribution in [0, 0.1) is 6.92 Å². The second-order valence-corrected chi connectivity index (χ2v) is 5.85. The van der Waals surface area contributed by atoms with Gasteiger partial charge in [-0.15, -0.1) is 0 Å². The summed E-state index contributed by atoms with van der Waals surface area (Å²) in [5, 5.41) is 1.58. The third kappa shape index (κ3) is 2.96. The molecular formula is C14H15ClN2OS. The van der Waals surface area contributed by atoms with Gasteiger partial charge in [-0.25, -0.2) is 4.98 Å². The summed E-state index contributed by atoms with van der Waals surface area (Å²) in [4.78, 5) is 18.1. The zero-order valence-corrected chi connectivity index (χ0v) is 12.6. The minimum absolute atomic E-state index is 0.169. The quantitative estimate of drug-likeness (QED) is 0.796. The monoisotopic (exact) mass is 294 g/mol. The third-order valence-electron chi connectivity index (χ3n) is 3.16. The zero-order chi connectivity index (χ0) is 14.0. The van der Waals surface area contributed by atoms with Crippen LogP contribution in [0.5, 0.6) is 0 Å². The van der Waals surface area contributed by atoms with Gasteiger partial charge >= 0.3 is 0 Å². The van der Waals surface area contributed by atoms with Crippen molar-refractivity contribution in [3.63, 3.8) is 0 Å². The molecule has 3 nitrogen and oxygen atoms in total. The molecule has 1 heterocycles. The lowest BCUT2D eigenvalue weighted by Crippen LogP contribution is -2.21. The van der Waals surface area contributed by atoms with E-state index in [0.29, 0.717) is 4.88 Å². The Hall–Kier alpha value is -1.39. The third-order valence-corrected chi connectivity index (χ3v) is 4.59. The normalized spacial score (nSPS) is 12.2. The lowest BCUT2D eigenvalue weighted by Gasteiger charge is -2.24. The van der Waals surface area contributed by atoms with Crippen LogP contribution >= 0.6 is 22.9 Å². The van der Waals surface area contributed by atoms with E-state index >= 15 is 0 Å². The van der Waals surface area contributed by atoms with Crippen LogP contribution in [-0.4, -0.2) is 18.3 Å². The Kier molecular flexibility index (Phi) is 4.22. The van der Waals surface area contributed by atoms with Crippen molar-refractivity contribution in [3.05, 3.63) is 45.4 Å². The maximum atomic E-state index is 10.9. The molecule has 2 rings (SSSR count). The van der Waals surface area contributed by atoms with Gasteiger partial charge < -0.3 is 4.90 Å². The molecule has 0 saturated carbocycles. The Morgan fingerprint density at radius 1 is 1.37 bits per heavy atom. The zero-order valence-electron chi connectivity index (χ0n) is 11.1. The minimum Gasteiger partial charge on any atom is -0.344 e. The molecule has 1 unspecified atom stereocenters. The topological polar surface area (TPSA) is 33.2 Å². The molecule has 100 valence electrons. The van der Waals surface area contributed by atoms with Crippen molar-refractivity contribution in [1.29, 1.82) is 0 Å². The van der Waals surface area contributed by atoms with Gasteiger partial charge in [-0.05, 0) is 31.5 Å². The summed E-state index contributed by atoms with van der Waals surface area (Å²) in [5.74, 6) is 0. The summed E-state index contributed by atoms with van der Waals surface area (Å²) in [6.45, 7) is 3.95. The first-order valence-electron chi connectivity index (χ1n) is 5.94. The first-order valence-corrected chi connectivity index (χ1v) is 7.13. The summed E-state index contributed by atoms with van der Waals surface area (Å²) in [6, 6.07) is 7.94. The van der Waals surface area contributed by atoms with Gasteiger partial charge in [0.2, 0.25) is 0 Å². The van der Waals surface area contributed by atoms with Crippen LogP contribution in [0.4, 0.5) is 5.13 Å². The smallest absolute Gasteiger partial charge is 0.186 e. The van der Waals surface area contributed by atoms with Gasteiger partial charge in [0.25, 0.3) is 0 Å². The van der Waals surface area contributed by atoms with E-state index in [1.165, 1.54) is 11.3 Å². The molecule has 1 atom stereocenters. The number of carbonyl (C=O) groups excluding carboxylic acids is 1. The predicted molar refractivity (Wildman–Crippen MR) is 80.5 cm³/mol. The Balaban J connectivity index is 2.24. The van der Waals surface area contributed by atoms with Crippen molar-refractivity contribution in [2.45, 2.75) is 19.9 Å². The molecule has 0 saturated heterocycles.